The molecule has 0 fully saturated rings. The molecule has 0 saturated carbocycles. The highest BCUT2D eigenvalue weighted by molar-refractivity contribution is 6.35. The van der Waals surface area contributed by atoms with Crippen LogP contribution in [0.1, 0.15) is 25.8 Å². The zero-order valence-corrected chi connectivity index (χ0v) is 21.1. The first-order valence-corrected chi connectivity index (χ1v) is 11.6. The second kappa shape index (κ2) is 14.6. The van der Waals surface area contributed by atoms with Gasteiger partial charge in [0.15, 0.2) is 23.2 Å². The van der Waals surface area contributed by atoms with Crippen molar-refractivity contribution in [1.29, 1.82) is 0 Å². The van der Waals surface area contributed by atoms with Crippen molar-refractivity contribution in [3.63, 3.8) is 0 Å². The number of halogens is 4. The molecule has 2 rings (SSSR count). The molecule has 0 saturated heterocycles. The molecule has 2 aromatic carbocycles. The van der Waals surface area contributed by atoms with Crippen LogP contribution in [0.2, 0.25) is 0 Å². The predicted octanol–water partition coefficient (Wildman–Crippen LogP) is 1.54. The number of hydrogen-bond acceptors (Lipinski definition) is 7. The van der Waals surface area contributed by atoms with Crippen molar-refractivity contribution in [2.45, 2.75) is 39.0 Å². The summed E-state index contributed by atoms with van der Waals surface area (Å²) in [6.07, 6.45) is -1.02. The van der Waals surface area contributed by atoms with E-state index in [1.807, 2.05) is 5.48 Å². The Hall–Kier alpha value is -4.53. The van der Waals surface area contributed by atoms with E-state index < -0.39 is 89.5 Å². The number of ketones is 1. The van der Waals surface area contributed by atoms with Crippen molar-refractivity contribution < 1.29 is 56.2 Å². The molecular weight excluding hydrogens is 546 g/mol. The van der Waals surface area contributed by atoms with Crippen LogP contribution in [0.3, 0.4) is 0 Å². The molecule has 0 unspecified atom stereocenters. The molecule has 0 aliphatic rings. The Morgan fingerprint density at radius 3 is 2.05 bits per heavy atom. The molecule has 2 aromatic rings. The van der Waals surface area contributed by atoms with Gasteiger partial charge in [-0.3, -0.25) is 28.8 Å². The lowest BCUT2D eigenvalue weighted by Crippen LogP contribution is -2.56. The smallest absolute Gasteiger partial charge is 0.332 e. The summed E-state index contributed by atoms with van der Waals surface area (Å²) < 4.78 is 58.9. The van der Waals surface area contributed by atoms with E-state index in [4.69, 9.17) is 9.94 Å². The van der Waals surface area contributed by atoms with E-state index in [1.165, 1.54) is 13.8 Å². The van der Waals surface area contributed by atoms with Crippen molar-refractivity contribution >= 4 is 29.5 Å². The highest BCUT2D eigenvalue weighted by atomic mass is 19.2. The number of carbonyl (C=O) groups is 5. The van der Waals surface area contributed by atoms with Crippen LogP contribution in [0, 0.1) is 29.2 Å². The zero-order chi connectivity index (χ0) is 30.0. The third-order valence-corrected chi connectivity index (χ3v) is 5.20. The van der Waals surface area contributed by atoms with Crippen molar-refractivity contribution in [3.05, 3.63) is 65.2 Å². The Bertz CT molecular complexity index is 1230. The highest BCUT2D eigenvalue weighted by Crippen LogP contribution is 2.26. The van der Waals surface area contributed by atoms with Crippen LogP contribution in [0.4, 0.5) is 17.6 Å². The molecule has 216 valence electrons. The molecule has 0 aliphatic heterocycles. The van der Waals surface area contributed by atoms with E-state index >= 15 is 0 Å². The second-order valence-corrected chi connectivity index (χ2v) is 8.61. The summed E-state index contributed by atoms with van der Waals surface area (Å²) in [5.41, 5.74) is 2.59. The maximum atomic E-state index is 13.8. The number of benzene rings is 2. The van der Waals surface area contributed by atoms with Crippen molar-refractivity contribution in [1.82, 2.24) is 16.1 Å². The summed E-state index contributed by atoms with van der Waals surface area (Å²) in [6.45, 7) is 1.59. The van der Waals surface area contributed by atoms with E-state index in [2.05, 4.69) is 15.4 Å². The molecule has 15 heteroatoms. The standard InChI is InChI=1S/C25H25F4N3O8/c1-12(2)21(31-24(37)25(38)32-40-10-13-6-4-3-5-7-13)23(36)30-16(9-18(34)35)17(33)11-39-22-19(28)14(26)8-15(27)20(22)29/h3-8,12,16,21H,9-11H2,1-2H3,(H,30,36)(H,31,37)(H,32,38)(H,34,35)/t16-,21-/m0/s1. The first-order valence-electron chi connectivity index (χ1n) is 11.6. The normalized spacial score (nSPS) is 12.3. The number of hydrogen-bond donors (Lipinski definition) is 4. The van der Waals surface area contributed by atoms with Crippen molar-refractivity contribution in [2.24, 2.45) is 5.92 Å². The van der Waals surface area contributed by atoms with E-state index in [0.29, 0.717) is 5.56 Å². The number of carboxylic acid groups (broad SMARTS) is 1. The number of ether oxygens (including phenoxy) is 1. The van der Waals surface area contributed by atoms with Gasteiger partial charge in [0.25, 0.3) is 0 Å². The first-order chi connectivity index (χ1) is 18.8. The maximum Gasteiger partial charge on any atom is 0.332 e. The van der Waals surface area contributed by atoms with Crippen LogP contribution in [0.15, 0.2) is 36.4 Å². The summed E-state index contributed by atoms with van der Waals surface area (Å²) >= 11 is 0. The quantitative estimate of drug-likeness (QED) is 0.122. The third-order valence-electron chi connectivity index (χ3n) is 5.20. The summed E-state index contributed by atoms with van der Waals surface area (Å²) in [5.74, 6) is -16.2. The van der Waals surface area contributed by atoms with Gasteiger partial charge in [-0.15, -0.1) is 0 Å². The minimum atomic E-state index is -1.93. The van der Waals surface area contributed by atoms with E-state index in [-0.39, 0.29) is 12.7 Å². The van der Waals surface area contributed by atoms with Crippen LogP contribution in [0.25, 0.3) is 0 Å². The van der Waals surface area contributed by atoms with Crippen LogP contribution < -0.4 is 20.9 Å². The van der Waals surface area contributed by atoms with Gasteiger partial charge in [0, 0.05) is 6.07 Å². The lowest BCUT2D eigenvalue weighted by atomic mass is 10.0. The van der Waals surface area contributed by atoms with Gasteiger partial charge in [0.1, 0.15) is 18.7 Å². The maximum absolute atomic E-state index is 13.8. The molecule has 0 radical (unpaired) electrons. The number of amides is 3. The van der Waals surface area contributed by atoms with Crippen molar-refractivity contribution in [3.8, 4) is 5.75 Å². The van der Waals surface area contributed by atoms with Crippen LogP contribution in [-0.2, 0) is 35.4 Å². The Balaban J connectivity index is 2.04. The number of carboxylic acids is 1. The van der Waals surface area contributed by atoms with E-state index in [0.717, 1.165) is 0 Å². The highest BCUT2D eigenvalue weighted by Gasteiger charge is 2.32. The van der Waals surface area contributed by atoms with Gasteiger partial charge in [-0.2, -0.15) is 8.78 Å². The molecule has 4 N–H and O–H groups in total. The molecule has 0 spiro atoms. The van der Waals surface area contributed by atoms with Crippen LogP contribution in [-0.4, -0.2) is 53.3 Å². The molecule has 0 bridgehead atoms. The average Bonchev–Trinajstić information content (AvgIpc) is 2.89. The fourth-order valence-electron chi connectivity index (χ4n) is 3.15. The van der Waals surface area contributed by atoms with Gasteiger partial charge in [-0.05, 0) is 11.5 Å². The van der Waals surface area contributed by atoms with Gasteiger partial charge in [0.05, 0.1) is 13.0 Å². The van der Waals surface area contributed by atoms with Crippen LogP contribution >= 0.6 is 0 Å². The van der Waals surface area contributed by atoms with E-state index in [9.17, 15) is 41.5 Å². The Kier molecular flexibility index (Phi) is 11.5. The summed E-state index contributed by atoms with van der Waals surface area (Å²) in [5, 5.41) is 13.3. The topological polar surface area (TPSA) is 160 Å². The monoisotopic (exact) mass is 571 g/mol. The Morgan fingerprint density at radius 2 is 1.50 bits per heavy atom. The van der Waals surface area contributed by atoms with Gasteiger partial charge in [-0.25, -0.2) is 14.3 Å². The van der Waals surface area contributed by atoms with Gasteiger partial charge in [-0.1, -0.05) is 44.2 Å². The van der Waals surface area contributed by atoms with Gasteiger partial charge >= 0.3 is 17.8 Å². The summed E-state index contributed by atoms with van der Waals surface area (Å²) in [6, 6.07) is 5.24. The third kappa shape index (κ3) is 9.04. The zero-order valence-electron chi connectivity index (χ0n) is 21.1. The predicted molar refractivity (Wildman–Crippen MR) is 127 cm³/mol. The van der Waals surface area contributed by atoms with Gasteiger partial charge < -0.3 is 20.5 Å². The van der Waals surface area contributed by atoms with Crippen molar-refractivity contribution in [2.75, 3.05) is 6.61 Å². The molecule has 0 aromatic heterocycles. The lowest BCUT2D eigenvalue weighted by molar-refractivity contribution is -0.149. The molecule has 11 nitrogen and oxygen atoms in total. The number of carbonyl (C=O) groups excluding carboxylic acids is 4. The van der Waals surface area contributed by atoms with E-state index in [1.54, 1.807) is 30.3 Å². The molecule has 2 atom stereocenters. The van der Waals surface area contributed by atoms with Crippen LogP contribution in [0.5, 0.6) is 5.75 Å². The summed E-state index contributed by atoms with van der Waals surface area (Å²) in [7, 11) is 0. The fourth-order valence-corrected chi connectivity index (χ4v) is 3.15. The molecule has 0 heterocycles. The molecule has 3 amide bonds. The molecule has 40 heavy (non-hydrogen) atoms. The fraction of sp³-hybridized carbons (Fsp3) is 0.320. The lowest BCUT2D eigenvalue weighted by Gasteiger charge is -2.24. The number of rotatable bonds is 13. The average molecular weight is 571 g/mol. The summed E-state index contributed by atoms with van der Waals surface area (Å²) in [4.78, 5) is 65.9. The Labute approximate surface area is 224 Å². The first kappa shape index (κ1) is 31.7. The minimum absolute atomic E-state index is 0.0644. The van der Waals surface area contributed by atoms with Gasteiger partial charge in [0.2, 0.25) is 17.5 Å². The Morgan fingerprint density at radius 1 is 0.900 bits per heavy atom. The minimum Gasteiger partial charge on any atom is -0.481 e. The SMILES string of the molecule is CC(C)[C@H](NC(=O)C(=O)NOCc1ccccc1)C(=O)N[C@@H](CC(=O)O)C(=O)COc1c(F)c(F)cc(F)c1F. The molecule has 0 aliphatic carbocycles. The number of nitrogens with one attached hydrogen (secondary N) is 3. The number of aliphatic carboxylic acids is 1. The number of hydroxylamine groups is 1. The molecular formula is C25H25F4N3O8. The largest absolute Gasteiger partial charge is 0.481 e. The number of Topliss-reactive ketones (excluding diaryl/α,β-unsaturated/α-hetero) is 1. The second-order valence-electron chi connectivity index (χ2n) is 8.61.